The van der Waals surface area contributed by atoms with E-state index in [2.05, 4.69) is 4.74 Å². The number of rotatable bonds is 5. The molecule has 5 rings (SSSR count). The second-order valence-corrected chi connectivity index (χ2v) is 7.96. The van der Waals surface area contributed by atoms with Crippen LogP contribution in [0.1, 0.15) is 27.4 Å². The van der Waals surface area contributed by atoms with Crippen molar-refractivity contribution in [3.05, 3.63) is 87.7 Å². The van der Waals surface area contributed by atoms with E-state index in [4.69, 9.17) is 18.3 Å². The number of esters is 1. The van der Waals surface area contributed by atoms with Gasteiger partial charge in [-0.3, -0.25) is 9.69 Å². The van der Waals surface area contributed by atoms with Crippen LogP contribution in [0.2, 0.25) is 0 Å². The zero-order valence-corrected chi connectivity index (χ0v) is 18.8. The van der Waals surface area contributed by atoms with Gasteiger partial charge in [0.1, 0.15) is 29.6 Å². The van der Waals surface area contributed by atoms with Crippen molar-refractivity contribution in [1.29, 1.82) is 0 Å². The average molecular weight is 501 g/mol. The summed E-state index contributed by atoms with van der Waals surface area (Å²) in [6.07, 6.45) is -3.51. The topological polar surface area (TPSA) is 91.4 Å². The van der Waals surface area contributed by atoms with Crippen LogP contribution in [0, 0.1) is 0 Å². The number of ether oxygens (including phenoxy) is 3. The Labute approximate surface area is 201 Å². The van der Waals surface area contributed by atoms with Crippen LogP contribution in [-0.2, 0) is 24.0 Å². The molecule has 0 radical (unpaired) electrons. The smallest absolute Gasteiger partial charge is 0.453 e. The third kappa shape index (κ3) is 4.40. The summed E-state index contributed by atoms with van der Waals surface area (Å²) >= 11 is 0. The van der Waals surface area contributed by atoms with Crippen molar-refractivity contribution in [3.8, 4) is 17.2 Å². The standard InChI is InChI=1S/C25H18F3NO7/c1-32-24(31)14-4-6-15(7-5-14)35-22-20(30)17-8-9-19-18(21(17)36-23(22)25(26,27)28)12-29(13-34-19)11-16-3-2-10-33-16/h2-10H,11-13H2,1H3. The molecule has 2 aromatic heterocycles. The lowest BCUT2D eigenvalue weighted by molar-refractivity contribution is -0.154. The van der Waals surface area contributed by atoms with E-state index in [1.807, 2.05) is 0 Å². The minimum atomic E-state index is -5.03. The number of halogens is 3. The molecule has 11 heteroatoms. The molecule has 186 valence electrons. The number of carbonyl (C=O) groups is 1. The van der Waals surface area contributed by atoms with Gasteiger partial charge in [0, 0.05) is 6.54 Å². The minimum absolute atomic E-state index is 0.0913. The Kier molecular flexibility index (Phi) is 5.92. The van der Waals surface area contributed by atoms with E-state index in [9.17, 15) is 22.8 Å². The Morgan fingerprint density at radius 1 is 1.11 bits per heavy atom. The van der Waals surface area contributed by atoms with Gasteiger partial charge in [0.2, 0.25) is 11.2 Å². The van der Waals surface area contributed by atoms with Crippen molar-refractivity contribution in [3.63, 3.8) is 0 Å². The molecule has 0 spiro atoms. The monoisotopic (exact) mass is 501 g/mol. The van der Waals surface area contributed by atoms with Gasteiger partial charge >= 0.3 is 12.1 Å². The molecule has 36 heavy (non-hydrogen) atoms. The summed E-state index contributed by atoms with van der Waals surface area (Å²) in [5.41, 5.74) is -0.756. The van der Waals surface area contributed by atoms with Crippen molar-refractivity contribution in [1.82, 2.24) is 4.90 Å². The van der Waals surface area contributed by atoms with Crippen LogP contribution >= 0.6 is 0 Å². The highest BCUT2D eigenvalue weighted by atomic mass is 19.4. The van der Waals surface area contributed by atoms with E-state index in [0.717, 1.165) is 0 Å². The molecule has 1 aliphatic heterocycles. The van der Waals surface area contributed by atoms with Crippen LogP contribution in [0.3, 0.4) is 0 Å². The zero-order valence-electron chi connectivity index (χ0n) is 18.8. The molecule has 3 heterocycles. The van der Waals surface area contributed by atoms with E-state index in [0.29, 0.717) is 23.6 Å². The molecule has 0 amide bonds. The fourth-order valence-corrected chi connectivity index (χ4v) is 3.89. The van der Waals surface area contributed by atoms with E-state index in [1.54, 1.807) is 17.0 Å². The third-order valence-electron chi connectivity index (χ3n) is 5.58. The van der Waals surface area contributed by atoms with Crippen LogP contribution in [0.4, 0.5) is 13.2 Å². The van der Waals surface area contributed by atoms with Crippen molar-refractivity contribution >= 4 is 16.9 Å². The first-order valence-electron chi connectivity index (χ1n) is 10.7. The third-order valence-corrected chi connectivity index (χ3v) is 5.58. The first-order chi connectivity index (χ1) is 17.2. The van der Waals surface area contributed by atoms with Gasteiger partial charge in [0.05, 0.1) is 36.4 Å². The molecule has 0 unspecified atom stereocenters. The van der Waals surface area contributed by atoms with Gasteiger partial charge in [0.15, 0.2) is 0 Å². The molecule has 0 fully saturated rings. The summed E-state index contributed by atoms with van der Waals surface area (Å²) in [6, 6.07) is 11.5. The molecule has 0 N–H and O–H groups in total. The highest BCUT2D eigenvalue weighted by molar-refractivity contribution is 5.89. The maximum Gasteiger partial charge on any atom is 0.453 e. The molecular weight excluding hydrogens is 483 g/mol. The van der Waals surface area contributed by atoms with Crippen LogP contribution in [0.25, 0.3) is 11.0 Å². The lowest BCUT2D eigenvalue weighted by Crippen LogP contribution is -2.31. The van der Waals surface area contributed by atoms with Gasteiger partial charge in [-0.25, -0.2) is 4.79 Å². The van der Waals surface area contributed by atoms with Gasteiger partial charge in [0.25, 0.3) is 5.76 Å². The van der Waals surface area contributed by atoms with Crippen LogP contribution in [0.15, 0.2) is 68.4 Å². The van der Waals surface area contributed by atoms with Gasteiger partial charge in [-0.05, 0) is 48.5 Å². The molecule has 8 nitrogen and oxygen atoms in total. The van der Waals surface area contributed by atoms with Crippen LogP contribution in [-0.4, -0.2) is 24.7 Å². The van der Waals surface area contributed by atoms with Crippen molar-refractivity contribution in [2.45, 2.75) is 19.3 Å². The number of nitrogens with zero attached hydrogens (tertiary/aromatic N) is 1. The molecule has 0 bridgehead atoms. The zero-order chi connectivity index (χ0) is 25.4. The maximum absolute atomic E-state index is 14.0. The number of furan rings is 1. The summed E-state index contributed by atoms with van der Waals surface area (Å²) < 4.78 is 68.3. The van der Waals surface area contributed by atoms with E-state index in [-0.39, 0.29) is 35.6 Å². The van der Waals surface area contributed by atoms with Gasteiger partial charge < -0.3 is 23.0 Å². The SMILES string of the molecule is COC(=O)c1ccc(Oc2c(C(F)(F)F)oc3c4c(ccc3c2=O)OCN(Cc2ccco2)C4)cc1. The first kappa shape index (κ1) is 23.5. The quantitative estimate of drug-likeness (QED) is 0.339. The van der Waals surface area contributed by atoms with Crippen molar-refractivity contribution in [2.24, 2.45) is 0 Å². The fraction of sp³-hybridized carbons (Fsp3) is 0.200. The van der Waals surface area contributed by atoms with Crippen molar-refractivity contribution in [2.75, 3.05) is 13.8 Å². The predicted molar refractivity (Wildman–Crippen MR) is 119 cm³/mol. The van der Waals surface area contributed by atoms with E-state index >= 15 is 0 Å². The second-order valence-electron chi connectivity index (χ2n) is 7.96. The highest BCUT2D eigenvalue weighted by Gasteiger charge is 2.41. The number of benzene rings is 2. The lowest BCUT2D eigenvalue weighted by Gasteiger charge is -2.28. The highest BCUT2D eigenvalue weighted by Crippen LogP contribution is 2.41. The molecule has 2 aromatic carbocycles. The van der Waals surface area contributed by atoms with Gasteiger partial charge in [-0.1, -0.05) is 0 Å². The number of hydrogen-bond acceptors (Lipinski definition) is 8. The number of methoxy groups -OCH3 is 1. The minimum Gasteiger partial charge on any atom is -0.478 e. The average Bonchev–Trinajstić information content (AvgIpc) is 3.37. The number of hydrogen-bond donors (Lipinski definition) is 0. The molecule has 0 aliphatic carbocycles. The molecule has 0 saturated heterocycles. The fourth-order valence-electron chi connectivity index (χ4n) is 3.89. The summed E-state index contributed by atoms with van der Waals surface area (Å²) in [5, 5.41) is -0.0913. The van der Waals surface area contributed by atoms with Crippen LogP contribution < -0.4 is 14.9 Å². The summed E-state index contributed by atoms with van der Waals surface area (Å²) in [4.78, 5) is 26.6. The maximum atomic E-state index is 14.0. The molecule has 4 aromatic rings. The summed E-state index contributed by atoms with van der Waals surface area (Å²) in [5.74, 6) is -2.34. The predicted octanol–water partition coefficient (Wildman–Crippen LogP) is 5.34. The van der Waals surface area contributed by atoms with Crippen LogP contribution in [0.5, 0.6) is 17.2 Å². The normalized spacial score (nSPS) is 13.8. The molecule has 0 saturated carbocycles. The Hall–Kier alpha value is -4.25. The Morgan fingerprint density at radius 2 is 1.89 bits per heavy atom. The number of fused-ring (bicyclic) bond motifs is 3. The van der Waals surface area contributed by atoms with E-state index < -0.39 is 29.1 Å². The Bertz CT molecular complexity index is 1480. The number of alkyl halides is 3. The largest absolute Gasteiger partial charge is 0.478 e. The summed E-state index contributed by atoms with van der Waals surface area (Å²) in [6.45, 7) is 0.698. The van der Waals surface area contributed by atoms with Gasteiger partial charge in [-0.2, -0.15) is 13.2 Å². The Morgan fingerprint density at radius 3 is 2.56 bits per heavy atom. The summed E-state index contributed by atoms with van der Waals surface area (Å²) in [7, 11) is 1.20. The Balaban J connectivity index is 1.56. The lowest BCUT2D eigenvalue weighted by atomic mass is 10.1. The second kappa shape index (κ2) is 9.08. The van der Waals surface area contributed by atoms with Gasteiger partial charge in [-0.15, -0.1) is 0 Å². The van der Waals surface area contributed by atoms with Crippen molar-refractivity contribution < 1.29 is 41.0 Å². The first-order valence-corrected chi connectivity index (χ1v) is 10.7. The molecule has 0 atom stereocenters. The molecular formula is C25H18F3NO7. The molecule has 1 aliphatic rings. The number of carbonyl (C=O) groups excluding carboxylic acids is 1. The van der Waals surface area contributed by atoms with E-state index in [1.165, 1.54) is 49.8 Å².